The quantitative estimate of drug-likeness (QED) is 0.877. The maximum Gasteiger partial charge on any atom is 0.248 e. The molecule has 0 saturated carbocycles. The summed E-state index contributed by atoms with van der Waals surface area (Å²) >= 11 is 0. The Morgan fingerprint density at radius 3 is 2.70 bits per heavy atom. The number of nitrogens with one attached hydrogen (secondary N) is 1. The number of rotatable bonds is 3. The van der Waals surface area contributed by atoms with Crippen molar-refractivity contribution in [2.24, 2.45) is 0 Å². The van der Waals surface area contributed by atoms with Crippen molar-refractivity contribution in [1.82, 2.24) is 10.2 Å². The van der Waals surface area contributed by atoms with Gasteiger partial charge in [-0.15, -0.1) is 0 Å². The van der Waals surface area contributed by atoms with E-state index in [2.05, 4.69) is 5.32 Å². The first kappa shape index (κ1) is 14.4. The van der Waals surface area contributed by atoms with Crippen molar-refractivity contribution in [3.63, 3.8) is 0 Å². The highest BCUT2D eigenvalue weighted by Gasteiger charge is 2.45. The SMILES string of the molecule is CCC1(C)NC(=O)C(C)N(Cc2cccc(O)c2)C1=O. The number of phenolic OH excluding ortho intramolecular Hbond substituents is 1. The number of amides is 2. The van der Waals surface area contributed by atoms with Crippen LogP contribution in [-0.2, 0) is 16.1 Å². The summed E-state index contributed by atoms with van der Waals surface area (Å²) in [6, 6.07) is 6.23. The van der Waals surface area contributed by atoms with Crippen molar-refractivity contribution >= 4 is 11.8 Å². The van der Waals surface area contributed by atoms with Crippen LogP contribution in [0.3, 0.4) is 0 Å². The molecule has 2 rings (SSSR count). The topological polar surface area (TPSA) is 69.6 Å². The molecule has 2 unspecified atom stereocenters. The summed E-state index contributed by atoms with van der Waals surface area (Å²) in [4.78, 5) is 26.2. The number of aromatic hydroxyl groups is 1. The second kappa shape index (κ2) is 5.15. The molecule has 0 aliphatic carbocycles. The van der Waals surface area contributed by atoms with Gasteiger partial charge in [-0.2, -0.15) is 0 Å². The third-order valence-electron chi connectivity index (χ3n) is 3.95. The molecule has 5 nitrogen and oxygen atoms in total. The molecule has 0 spiro atoms. The van der Waals surface area contributed by atoms with E-state index in [1.165, 1.54) is 0 Å². The van der Waals surface area contributed by atoms with Crippen LogP contribution in [0.2, 0.25) is 0 Å². The predicted octanol–water partition coefficient (Wildman–Crippen LogP) is 1.41. The summed E-state index contributed by atoms with van der Waals surface area (Å²) in [5.74, 6) is -0.0770. The summed E-state index contributed by atoms with van der Waals surface area (Å²) in [5.41, 5.74) is -0.0428. The highest BCUT2D eigenvalue weighted by atomic mass is 16.3. The minimum absolute atomic E-state index is 0.0876. The lowest BCUT2D eigenvalue weighted by atomic mass is 9.92. The Balaban J connectivity index is 2.28. The van der Waals surface area contributed by atoms with E-state index in [-0.39, 0.29) is 17.6 Å². The van der Waals surface area contributed by atoms with Gasteiger partial charge < -0.3 is 15.3 Å². The van der Waals surface area contributed by atoms with Crippen LogP contribution in [0.1, 0.15) is 32.8 Å². The lowest BCUT2D eigenvalue weighted by Crippen LogP contribution is -2.68. The lowest BCUT2D eigenvalue weighted by molar-refractivity contribution is -0.154. The van der Waals surface area contributed by atoms with E-state index in [9.17, 15) is 14.7 Å². The molecule has 0 aromatic heterocycles. The molecule has 1 aromatic carbocycles. The minimum Gasteiger partial charge on any atom is -0.508 e. The maximum absolute atomic E-state index is 12.6. The fraction of sp³-hybridized carbons (Fsp3) is 0.467. The van der Waals surface area contributed by atoms with Gasteiger partial charge >= 0.3 is 0 Å². The molecular weight excluding hydrogens is 256 g/mol. The number of benzene rings is 1. The van der Waals surface area contributed by atoms with Crippen LogP contribution in [0.5, 0.6) is 5.75 Å². The van der Waals surface area contributed by atoms with Gasteiger partial charge in [0.1, 0.15) is 17.3 Å². The monoisotopic (exact) mass is 276 g/mol. The summed E-state index contributed by atoms with van der Waals surface area (Å²) in [5, 5.41) is 12.3. The molecule has 20 heavy (non-hydrogen) atoms. The molecule has 2 N–H and O–H groups in total. The number of nitrogens with zero attached hydrogens (tertiary/aromatic N) is 1. The van der Waals surface area contributed by atoms with Crippen molar-refractivity contribution < 1.29 is 14.7 Å². The Hall–Kier alpha value is -2.04. The Bertz CT molecular complexity index is 544. The second-order valence-electron chi connectivity index (χ2n) is 5.45. The number of hydrogen-bond acceptors (Lipinski definition) is 3. The molecular formula is C15H20N2O3. The third kappa shape index (κ3) is 2.48. The van der Waals surface area contributed by atoms with Crippen molar-refractivity contribution in [2.75, 3.05) is 0 Å². The molecule has 1 saturated heterocycles. The van der Waals surface area contributed by atoms with Gasteiger partial charge in [0.25, 0.3) is 0 Å². The molecule has 1 aliphatic rings. The fourth-order valence-electron chi connectivity index (χ4n) is 2.36. The molecule has 108 valence electrons. The first-order valence-electron chi connectivity index (χ1n) is 6.78. The average molecular weight is 276 g/mol. The standard InChI is InChI=1S/C15H20N2O3/c1-4-15(3)14(20)17(10(2)13(19)16-15)9-11-6-5-7-12(18)8-11/h5-8,10,18H,4,9H2,1-3H3,(H,16,19). The van der Waals surface area contributed by atoms with Crippen LogP contribution < -0.4 is 5.32 Å². The van der Waals surface area contributed by atoms with Crippen molar-refractivity contribution in [2.45, 2.75) is 45.3 Å². The zero-order chi connectivity index (χ0) is 14.9. The summed E-state index contributed by atoms with van der Waals surface area (Å²) in [6.45, 7) is 5.65. The van der Waals surface area contributed by atoms with Crippen LogP contribution in [0.25, 0.3) is 0 Å². The highest BCUT2D eigenvalue weighted by Crippen LogP contribution is 2.24. The Morgan fingerprint density at radius 2 is 2.10 bits per heavy atom. The Labute approximate surface area is 118 Å². The van der Waals surface area contributed by atoms with Crippen LogP contribution in [0, 0.1) is 0 Å². The molecule has 5 heteroatoms. The maximum atomic E-state index is 12.6. The predicted molar refractivity (Wildman–Crippen MR) is 75.0 cm³/mol. The second-order valence-corrected chi connectivity index (χ2v) is 5.45. The molecule has 1 heterocycles. The van der Waals surface area contributed by atoms with Gasteiger partial charge in [0.15, 0.2) is 0 Å². The molecule has 1 aromatic rings. The highest BCUT2D eigenvalue weighted by molar-refractivity contribution is 5.99. The van der Waals surface area contributed by atoms with Gasteiger partial charge in [0.05, 0.1) is 0 Å². The molecule has 2 atom stereocenters. The van der Waals surface area contributed by atoms with Crippen molar-refractivity contribution in [1.29, 1.82) is 0 Å². The largest absolute Gasteiger partial charge is 0.508 e. The zero-order valence-electron chi connectivity index (χ0n) is 12.0. The molecule has 1 fully saturated rings. The zero-order valence-corrected chi connectivity index (χ0v) is 12.0. The Morgan fingerprint density at radius 1 is 1.40 bits per heavy atom. The molecule has 0 radical (unpaired) electrons. The normalized spacial score (nSPS) is 26.6. The smallest absolute Gasteiger partial charge is 0.248 e. The summed E-state index contributed by atoms with van der Waals surface area (Å²) in [7, 11) is 0. The van der Waals surface area contributed by atoms with Crippen molar-refractivity contribution in [3.8, 4) is 5.75 Å². The number of carbonyl (C=O) groups is 2. The van der Waals surface area contributed by atoms with E-state index in [4.69, 9.17) is 0 Å². The van der Waals surface area contributed by atoms with Gasteiger partial charge in [-0.25, -0.2) is 0 Å². The van der Waals surface area contributed by atoms with E-state index in [0.717, 1.165) is 5.56 Å². The van der Waals surface area contributed by atoms with Crippen LogP contribution in [-0.4, -0.2) is 33.4 Å². The summed E-state index contributed by atoms with van der Waals surface area (Å²) in [6.07, 6.45) is 0.542. The van der Waals surface area contributed by atoms with Gasteiger partial charge in [-0.3, -0.25) is 9.59 Å². The van der Waals surface area contributed by atoms with Gasteiger partial charge in [-0.1, -0.05) is 19.1 Å². The first-order chi connectivity index (χ1) is 9.37. The molecule has 0 bridgehead atoms. The third-order valence-corrected chi connectivity index (χ3v) is 3.95. The number of carbonyl (C=O) groups excluding carboxylic acids is 2. The average Bonchev–Trinajstić information content (AvgIpc) is 2.41. The first-order valence-corrected chi connectivity index (χ1v) is 6.78. The van der Waals surface area contributed by atoms with Crippen molar-refractivity contribution in [3.05, 3.63) is 29.8 Å². The van der Waals surface area contributed by atoms with E-state index >= 15 is 0 Å². The van der Waals surface area contributed by atoms with Gasteiger partial charge in [-0.05, 0) is 38.0 Å². The summed E-state index contributed by atoms with van der Waals surface area (Å²) < 4.78 is 0. The molecule has 1 aliphatic heterocycles. The van der Waals surface area contributed by atoms with Gasteiger partial charge in [0, 0.05) is 6.54 Å². The van der Waals surface area contributed by atoms with Crippen LogP contribution >= 0.6 is 0 Å². The van der Waals surface area contributed by atoms with E-state index in [1.807, 2.05) is 13.0 Å². The number of piperazine rings is 1. The number of phenols is 1. The van der Waals surface area contributed by atoms with E-state index in [0.29, 0.717) is 13.0 Å². The Kier molecular flexibility index (Phi) is 3.70. The van der Waals surface area contributed by atoms with Crippen LogP contribution in [0.4, 0.5) is 0 Å². The molecule has 2 amide bonds. The van der Waals surface area contributed by atoms with Crippen LogP contribution in [0.15, 0.2) is 24.3 Å². The minimum atomic E-state index is -0.847. The fourth-order valence-corrected chi connectivity index (χ4v) is 2.36. The van der Waals surface area contributed by atoms with E-state index < -0.39 is 11.6 Å². The van der Waals surface area contributed by atoms with E-state index in [1.54, 1.807) is 36.9 Å². The lowest BCUT2D eigenvalue weighted by Gasteiger charge is -2.43. The number of hydrogen-bond donors (Lipinski definition) is 2. The van der Waals surface area contributed by atoms with Gasteiger partial charge in [0.2, 0.25) is 11.8 Å².